The third-order valence-corrected chi connectivity index (χ3v) is 6.86. The normalized spacial score (nSPS) is 21.8. The van der Waals surface area contributed by atoms with Crippen molar-refractivity contribution in [3.05, 3.63) is 46.2 Å². The first kappa shape index (κ1) is 22.4. The Hall–Kier alpha value is -2.75. The molecule has 32 heavy (non-hydrogen) atoms. The fraction of sp³-hybridized carbons (Fsp3) is 0.435. The third-order valence-electron chi connectivity index (χ3n) is 5.97. The Kier molecular flexibility index (Phi) is 6.88. The lowest BCUT2D eigenvalue weighted by atomic mass is 9.88. The third kappa shape index (κ3) is 4.28. The van der Waals surface area contributed by atoms with Crippen LogP contribution in [0.4, 0.5) is 0 Å². The Bertz CT molecular complexity index is 986. The van der Waals surface area contributed by atoms with Gasteiger partial charge < -0.3 is 19.1 Å². The molecule has 0 aliphatic carbocycles. The number of ketones is 2. The molecular weight excluding hydrogens is 432 g/mol. The van der Waals surface area contributed by atoms with Crippen molar-refractivity contribution in [2.75, 3.05) is 53.6 Å². The second kappa shape index (κ2) is 9.81. The number of hydrogen-bond donors (Lipinski definition) is 0. The zero-order chi connectivity index (χ0) is 22.7. The van der Waals surface area contributed by atoms with Crippen molar-refractivity contribution < 1.29 is 28.6 Å². The van der Waals surface area contributed by atoms with Gasteiger partial charge in [0, 0.05) is 37.8 Å². The summed E-state index contributed by atoms with van der Waals surface area (Å²) in [5.41, 5.74) is 0.615. The maximum absolute atomic E-state index is 13.3. The van der Waals surface area contributed by atoms with E-state index in [4.69, 9.17) is 14.2 Å². The van der Waals surface area contributed by atoms with Crippen molar-refractivity contribution in [2.45, 2.75) is 6.04 Å². The fourth-order valence-corrected chi connectivity index (χ4v) is 4.99. The van der Waals surface area contributed by atoms with E-state index in [-0.39, 0.29) is 5.78 Å². The van der Waals surface area contributed by atoms with Crippen molar-refractivity contribution in [3.8, 4) is 11.5 Å². The van der Waals surface area contributed by atoms with Crippen LogP contribution < -0.4 is 9.47 Å². The van der Waals surface area contributed by atoms with E-state index in [0.717, 1.165) is 13.1 Å². The van der Waals surface area contributed by atoms with Gasteiger partial charge in [-0.3, -0.25) is 19.3 Å². The van der Waals surface area contributed by atoms with E-state index in [1.165, 1.54) is 23.3 Å². The van der Waals surface area contributed by atoms with Gasteiger partial charge in [0.2, 0.25) is 5.78 Å². The number of benzene rings is 1. The number of amides is 1. The summed E-state index contributed by atoms with van der Waals surface area (Å²) in [5, 5.41) is 1.79. The smallest absolute Gasteiger partial charge is 0.291 e. The number of likely N-dealkylation sites (tertiary alicyclic amines) is 1. The van der Waals surface area contributed by atoms with Crippen LogP contribution in [0, 0.1) is 5.92 Å². The van der Waals surface area contributed by atoms with Gasteiger partial charge in [-0.05, 0) is 23.6 Å². The van der Waals surface area contributed by atoms with Gasteiger partial charge in [0.05, 0.1) is 38.4 Å². The summed E-state index contributed by atoms with van der Waals surface area (Å²) in [4.78, 5) is 43.7. The molecule has 2 aliphatic heterocycles. The van der Waals surface area contributed by atoms with Crippen LogP contribution in [0.25, 0.3) is 0 Å². The van der Waals surface area contributed by atoms with Crippen LogP contribution in [0.5, 0.6) is 11.5 Å². The minimum Gasteiger partial charge on any atom is -0.497 e. The second-order valence-corrected chi connectivity index (χ2v) is 8.64. The van der Waals surface area contributed by atoms with Gasteiger partial charge >= 0.3 is 0 Å². The number of morpholine rings is 1. The van der Waals surface area contributed by atoms with E-state index >= 15 is 0 Å². The van der Waals surface area contributed by atoms with E-state index in [2.05, 4.69) is 4.90 Å². The number of carbonyl (C=O) groups is 3. The number of Topliss-reactive ketones (excluding diaryl/α,β-unsaturated/α-hetero) is 2. The molecule has 1 aromatic heterocycles. The molecule has 8 nitrogen and oxygen atoms in total. The van der Waals surface area contributed by atoms with Gasteiger partial charge in [0.15, 0.2) is 5.78 Å². The molecule has 2 aliphatic rings. The lowest BCUT2D eigenvalue weighted by Crippen LogP contribution is -2.43. The molecule has 4 rings (SSSR count). The highest BCUT2D eigenvalue weighted by Crippen LogP contribution is 2.43. The molecule has 170 valence electrons. The highest BCUT2D eigenvalue weighted by atomic mass is 32.1. The van der Waals surface area contributed by atoms with Crippen LogP contribution >= 0.6 is 11.3 Å². The summed E-state index contributed by atoms with van der Waals surface area (Å²) in [7, 11) is 3.07. The molecule has 2 saturated heterocycles. The number of carbonyl (C=O) groups excluding carboxylic acids is 3. The molecule has 0 spiro atoms. The van der Waals surface area contributed by atoms with Crippen LogP contribution in [0.1, 0.15) is 21.3 Å². The Morgan fingerprint density at radius 3 is 2.56 bits per heavy atom. The summed E-state index contributed by atoms with van der Waals surface area (Å²) >= 11 is 1.27. The first-order valence-electron chi connectivity index (χ1n) is 10.5. The van der Waals surface area contributed by atoms with Gasteiger partial charge in [-0.25, -0.2) is 0 Å². The van der Waals surface area contributed by atoms with Crippen molar-refractivity contribution in [3.63, 3.8) is 0 Å². The molecule has 1 aromatic carbocycles. The first-order chi connectivity index (χ1) is 15.5. The molecule has 3 heterocycles. The Morgan fingerprint density at radius 2 is 1.91 bits per heavy atom. The van der Waals surface area contributed by atoms with E-state index in [1.807, 2.05) is 0 Å². The van der Waals surface area contributed by atoms with Gasteiger partial charge in [-0.1, -0.05) is 6.07 Å². The van der Waals surface area contributed by atoms with Crippen molar-refractivity contribution >= 4 is 28.8 Å². The van der Waals surface area contributed by atoms with Crippen molar-refractivity contribution in [2.24, 2.45) is 5.92 Å². The van der Waals surface area contributed by atoms with Crippen LogP contribution in [0.3, 0.4) is 0 Å². The molecule has 2 aromatic rings. The molecule has 2 unspecified atom stereocenters. The molecule has 0 N–H and O–H groups in total. The number of thiophene rings is 1. The van der Waals surface area contributed by atoms with E-state index in [0.29, 0.717) is 48.2 Å². The molecule has 1 amide bonds. The molecule has 2 fully saturated rings. The molecule has 0 radical (unpaired) electrons. The SMILES string of the molecule is COc1ccc(C2C(C(=O)c3cccs3)C(=O)C(=O)N2CCN2CCOCC2)c(OC)c1. The highest BCUT2D eigenvalue weighted by molar-refractivity contribution is 7.12. The van der Waals surface area contributed by atoms with Gasteiger partial charge in [-0.2, -0.15) is 0 Å². The number of hydrogen-bond acceptors (Lipinski definition) is 8. The standard InChI is InChI=1S/C23H26N2O6S/c1-29-15-5-6-16(17(14-15)30-2)20-19(21(26)18-4-3-13-32-18)22(27)23(28)25(20)8-7-24-9-11-31-12-10-24/h3-6,13-14,19-20H,7-12H2,1-2H3. The number of methoxy groups -OCH3 is 2. The summed E-state index contributed by atoms with van der Waals surface area (Å²) in [6.07, 6.45) is 0. The van der Waals surface area contributed by atoms with Crippen LogP contribution in [-0.4, -0.2) is 80.9 Å². The molecule has 0 bridgehead atoms. The summed E-state index contributed by atoms with van der Waals surface area (Å²) in [6.45, 7) is 3.74. The quantitative estimate of drug-likeness (QED) is 0.340. The average Bonchev–Trinajstić information content (AvgIpc) is 3.45. The van der Waals surface area contributed by atoms with Crippen molar-refractivity contribution in [1.82, 2.24) is 9.80 Å². The van der Waals surface area contributed by atoms with Crippen LogP contribution in [-0.2, 0) is 14.3 Å². The first-order valence-corrected chi connectivity index (χ1v) is 11.4. The van der Waals surface area contributed by atoms with Crippen LogP contribution in [0.15, 0.2) is 35.7 Å². The second-order valence-electron chi connectivity index (χ2n) is 7.69. The zero-order valence-corrected chi connectivity index (χ0v) is 18.9. The Balaban J connectivity index is 1.71. The van der Waals surface area contributed by atoms with E-state index < -0.39 is 23.7 Å². The average molecular weight is 459 g/mol. The predicted molar refractivity (Wildman–Crippen MR) is 118 cm³/mol. The molecular formula is C23H26N2O6S. The minimum absolute atomic E-state index is 0.332. The van der Waals surface area contributed by atoms with Gasteiger partial charge in [0.1, 0.15) is 17.4 Å². The predicted octanol–water partition coefficient (Wildman–Crippen LogP) is 2.05. The van der Waals surface area contributed by atoms with E-state index in [9.17, 15) is 14.4 Å². The largest absolute Gasteiger partial charge is 0.497 e. The number of ether oxygens (including phenoxy) is 3. The lowest BCUT2D eigenvalue weighted by molar-refractivity contribution is -0.141. The molecule has 0 saturated carbocycles. The van der Waals surface area contributed by atoms with E-state index in [1.54, 1.807) is 42.8 Å². The maximum Gasteiger partial charge on any atom is 0.291 e. The topological polar surface area (TPSA) is 85.4 Å². The number of nitrogens with zero attached hydrogens (tertiary/aromatic N) is 2. The van der Waals surface area contributed by atoms with Gasteiger partial charge in [-0.15, -0.1) is 11.3 Å². The van der Waals surface area contributed by atoms with Crippen molar-refractivity contribution in [1.29, 1.82) is 0 Å². The zero-order valence-electron chi connectivity index (χ0n) is 18.1. The summed E-state index contributed by atoms with van der Waals surface area (Å²) in [6, 6.07) is 7.92. The molecule has 9 heteroatoms. The lowest BCUT2D eigenvalue weighted by Gasteiger charge is -2.32. The summed E-state index contributed by atoms with van der Waals surface area (Å²) < 4.78 is 16.3. The number of rotatable bonds is 8. The maximum atomic E-state index is 13.3. The highest BCUT2D eigenvalue weighted by Gasteiger charge is 2.52. The van der Waals surface area contributed by atoms with Crippen LogP contribution in [0.2, 0.25) is 0 Å². The fourth-order valence-electron chi connectivity index (χ4n) is 4.28. The summed E-state index contributed by atoms with van der Waals surface area (Å²) in [5.74, 6) is -1.70. The Labute approximate surface area is 190 Å². The molecule has 2 atom stereocenters. The Morgan fingerprint density at radius 1 is 1.12 bits per heavy atom. The van der Waals surface area contributed by atoms with Gasteiger partial charge in [0.25, 0.3) is 5.91 Å². The monoisotopic (exact) mass is 458 g/mol. The minimum atomic E-state index is -1.12.